The van der Waals surface area contributed by atoms with E-state index in [2.05, 4.69) is 10.5 Å². The topological polar surface area (TPSA) is 81.2 Å². The van der Waals surface area contributed by atoms with Gasteiger partial charge in [0.25, 0.3) is 0 Å². The van der Waals surface area contributed by atoms with Crippen LogP contribution in [0, 0.1) is 13.8 Å². The molecule has 0 saturated carbocycles. The minimum Gasteiger partial charge on any atom is -0.399 e. The van der Waals surface area contributed by atoms with Crippen molar-refractivity contribution >= 4 is 24.0 Å². The monoisotopic (exact) mass is 349 g/mol. The van der Waals surface area contributed by atoms with Gasteiger partial charge >= 0.3 is 0 Å². The summed E-state index contributed by atoms with van der Waals surface area (Å²) in [4.78, 5) is 12.3. The minimum atomic E-state index is 0. The number of nitrogens with zero attached hydrogens (tertiary/aromatic N) is 1. The van der Waals surface area contributed by atoms with E-state index in [1.54, 1.807) is 0 Å². The van der Waals surface area contributed by atoms with Gasteiger partial charge in [-0.05, 0) is 62.8 Å². The van der Waals surface area contributed by atoms with Crippen molar-refractivity contribution in [1.82, 2.24) is 10.5 Å². The molecule has 1 aliphatic carbocycles. The predicted octanol–water partition coefficient (Wildman–Crippen LogP) is 3.42. The van der Waals surface area contributed by atoms with E-state index in [9.17, 15) is 4.79 Å². The Balaban J connectivity index is 0.00000208. The molecule has 1 aromatic heterocycles. The highest BCUT2D eigenvalue weighted by atomic mass is 35.5. The number of carbonyl (C=O) groups excluding carboxylic acids is 1. The van der Waals surface area contributed by atoms with Crippen molar-refractivity contribution in [3.05, 3.63) is 46.3 Å². The molecule has 3 rings (SSSR count). The number of anilines is 1. The Morgan fingerprint density at radius 3 is 2.92 bits per heavy atom. The van der Waals surface area contributed by atoms with Crippen LogP contribution in [-0.4, -0.2) is 11.1 Å². The van der Waals surface area contributed by atoms with Crippen molar-refractivity contribution in [2.75, 3.05) is 5.73 Å². The van der Waals surface area contributed by atoms with Gasteiger partial charge in [-0.15, -0.1) is 12.4 Å². The SMILES string of the molecule is Cc1noc(C)c1CCC(=O)NC1CCCc2cc(N)ccc21.Cl. The number of nitrogens with one attached hydrogen (secondary N) is 1. The molecule has 1 amide bonds. The van der Waals surface area contributed by atoms with E-state index in [0.29, 0.717) is 12.8 Å². The first-order chi connectivity index (χ1) is 11.0. The largest absolute Gasteiger partial charge is 0.399 e. The van der Waals surface area contributed by atoms with Crippen LogP contribution in [0.5, 0.6) is 0 Å². The number of amides is 1. The quantitative estimate of drug-likeness (QED) is 0.829. The number of nitrogen functional groups attached to an aromatic ring is 1. The number of carbonyl (C=O) groups is 1. The molecule has 1 unspecified atom stereocenters. The van der Waals surface area contributed by atoms with Gasteiger partial charge in [0, 0.05) is 17.7 Å². The van der Waals surface area contributed by atoms with Gasteiger partial charge in [-0.25, -0.2) is 0 Å². The molecule has 6 heteroatoms. The van der Waals surface area contributed by atoms with Gasteiger partial charge < -0.3 is 15.6 Å². The maximum Gasteiger partial charge on any atom is 0.220 e. The first kappa shape index (κ1) is 18.3. The lowest BCUT2D eigenvalue weighted by Crippen LogP contribution is -2.31. The van der Waals surface area contributed by atoms with Crippen LogP contribution in [-0.2, 0) is 17.6 Å². The number of halogens is 1. The van der Waals surface area contributed by atoms with Crippen LogP contribution in [0.4, 0.5) is 5.69 Å². The summed E-state index contributed by atoms with van der Waals surface area (Å²) in [7, 11) is 0. The Morgan fingerprint density at radius 2 is 2.21 bits per heavy atom. The standard InChI is InChI=1S/C18H23N3O2.ClH/c1-11-15(12(2)23-21-11)8-9-18(22)20-17-5-3-4-13-10-14(19)6-7-16(13)17;/h6-7,10,17H,3-5,8-9,19H2,1-2H3,(H,20,22);1H. The van der Waals surface area contributed by atoms with Gasteiger partial charge in [0.1, 0.15) is 5.76 Å². The van der Waals surface area contributed by atoms with Crippen molar-refractivity contribution in [3.8, 4) is 0 Å². The zero-order chi connectivity index (χ0) is 16.4. The van der Waals surface area contributed by atoms with Crippen molar-refractivity contribution in [3.63, 3.8) is 0 Å². The molecule has 0 saturated heterocycles. The van der Waals surface area contributed by atoms with E-state index in [1.165, 1.54) is 11.1 Å². The summed E-state index contributed by atoms with van der Waals surface area (Å²) >= 11 is 0. The third kappa shape index (κ3) is 3.90. The molecule has 3 N–H and O–H groups in total. The van der Waals surface area contributed by atoms with Crippen molar-refractivity contribution < 1.29 is 9.32 Å². The highest BCUT2D eigenvalue weighted by Gasteiger charge is 2.22. The summed E-state index contributed by atoms with van der Waals surface area (Å²) in [5.41, 5.74) is 11.0. The molecular formula is C18H24ClN3O2. The minimum absolute atomic E-state index is 0. The Bertz CT molecular complexity index is 708. The van der Waals surface area contributed by atoms with Crippen LogP contribution in [0.3, 0.4) is 0 Å². The first-order valence-electron chi connectivity index (χ1n) is 8.14. The third-order valence-electron chi connectivity index (χ3n) is 4.60. The van der Waals surface area contributed by atoms with Gasteiger partial charge in [-0.3, -0.25) is 4.79 Å². The predicted molar refractivity (Wildman–Crippen MR) is 96.2 cm³/mol. The molecule has 5 nitrogen and oxygen atoms in total. The van der Waals surface area contributed by atoms with Gasteiger partial charge in [0.15, 0.2) is 0 Å². The zero-order valence-electron chi connectivity index (χ0n) is 14.1. The Morgan fingerprint density at radius 1 is 1.42 bits per heavy atom. The molecule has 0 bridgehead atoms. The number of rotatable bonds is 4. The lowest BCUT2D eigenvalue weighted by molar-refractivity contribution is -0.121. The molecule has 24 heavy (non-hydrogen) atoms. The van der Waals surface area contributed by atoms with Crippen molar-refractivity contribution in [2.45, 2.75) is 52.0 Å². The van der Waals surface area contributed by atoms with E-state index < -0.39 is 0 Å². The summed E-state index contributed by atoms with van der Waals surface area (Å²) < 4.78 is 5.14. The number of aromatic nitrogens is 1. The van der Waals surface area contributed by atoms with Gasteiger partial charge in [-0.1, -0.05) is 11.2 Å². The van der Waals surface area contributed by atoms with E-state index >= 15 is 0 Å². The van der Waals surface area contributed by atoms with Crippen LogP contribution in [0.2, 0.25) is 0 Å². The van der Waals surface area contributed by atoms with Gasteiger partial charge in [-0.2, -0.15) is 0 Å². The van der Waals surface area contributed by atoms with Crippen molar-refractivity contribution in [2.24, 2.45) is 0 Å². The summed E-state index contributed by atoms with van der Waals surface area (Å²) in [5.74, 6) is 0.869. The molecule has 1 heterocycles. The second kappa shape index (κ2) is 7.71. The van der Waals surface area contributed by atoms with Crippen molar-refractivity contribution in [1.29, 1.82) is 0 Å². The van der Waals surface area contributed by atoms with Crippen LogP contribution in [0.25, 0.3) is 0 Å². The number of nitrogens with two attached hydrogens (primary N) is 1. The second-order valence-corrected chi connectivity index (χ2v) is 6.27. The molecule has 2 aromatic rings. The Kier molecular flexibility index (Phi) is 5.89. The smallest absolute Gasteiger partial charge is 0.220 e. The summed E-state index contributed by atoms with van der Waals surface area (Å²) in [6, 6.07) is 6.07. The maximum atomic E-state index is 12.3. The molecule has 0 spiro atoms. The number of aryl methyl sites for hydroxylation is 3. The van der Waals surface area contributed by atoms with E-state index in [0.717, 1.165) is 42.0 Å². The van der Waals surface area contributed by atoms with E-state index in [1.807, 2.05) is 32.0 Å². The average molecular weight is 350 g/mol. The van der Waals surface area contributed by atoms with Gasteiger partial charge in [0.2, 0.25) is 5.91 Å². The molecule has 1 atom stereocenters. The molecule has 1 aliphatic rings. The first-order valence-corrected chi connectivity index (χ1v) is 8.14. The van der Waals surface area contributed by atoms with Crippen LogP contribution in [0.1, 0.15) is 53.4 Å². The van der Waals surface area contributed by atoms with E-state index in [-0.39, 0.29) is 24.4 Å². The fourth-order valence-corrected chi connectivity index (χ4v) is 3.35. The Hall–Kier alpha value is -2.01. The molecule has 0 aliphatic heterocycles. The summed E-state index contributed by atoms with van der Waals surface area (Å²) in [5, 5.41) is 7.09. The number of benzene rings is 1. The van der Waals surface area contributed by atoms with Crippen LogP contribution >= 0.6 is 12.4 Å². The van der Waals surface area contributed by atoms with Crippen LogP contribution in [0.15, 0.2) is 22.7 Å². The number of hydrogen-bond acceptors (Lipinski definition) is 4. The zero-order valence-corrected chi connectivity index (χ0v) is 14.9. The highest BCUT2D eigenvalue weighted by Crippen LogP contribution is 2.31. The summed E-state index contributed by atoms with van der Waals surface area (Å²) in [6.07, 6.45) is 4.20. The lowest BCUT2D eigenvalue weighted by Gasteiger charge is -2.26. The lowest BCUT2D eigenvalue weighted by atomic mass is 9.87. The van der Waals surface area contributed by atoms with Gasteiger partial charge in [0.05, 0.1) is 11.7 Å². The molecule has 0 fully saturated rings. The second-order valence-electron chi connectivity index (χ2n) is 6.27. The van der Waals surface area contributed by atoms with Crippen LogP contribution < -0.4 is 11.1 Å². The molecule has 1 aromatic carbocycles. The third-order valence-corrected chi connectivity index (χ3v) is 4.60. The van der Waals surface area contributed by atoms with E-state index in [4.69, 9.17) is 10.3 Å². The normalized spacial score (nSPS) is 16.2. The Labute approximate surface area is 148 Å². The summed E-state index contributed by atoms with van der Waals surface area (Å²) in [6.45, 7) is 3.79. The number of fused-ring (bicyclic) bond motifs is 1. The maximum absolute atomic E-state index is 12.3. The highest BCUT2D eigenvalue weighted by molar-refractivity contribution is 5.85. The fraction of sp³-hybridized carbons (Fsp3) is 0.444. The number of hydrogen-bond donors (Lipinski definition) is 2. The fourth-order valence-electron chi connectivity index (χ4n) is 3.35. The average Bonchev–Trinajstić information content (AvgIpc) is 2.84. The molecule has 130 valence electrons. The molecule has 0 radical (unpaired) electrons. The molecular weight excluding hydrogens is 326 g/mol.